The van der Waals surface area contributed by atoms with Crippen LogP contribution in [0.25, 0.3) is 0 Å². The molecule has 1 fully saturated rings. The van der Waals surface area contributed by atoms with E-state index in [0.717, 1.165) is 38.4 Å². The number of hydrogen-bond acceptors (Lipinski definition) is 5. The fourth-order valence-electron chi connectivity index (χ4n) is 3.30. The van der Waals surface area contributed by atoms with Gasteiger partial charge in [0.25, 0.3) is 9.84 Å². The lowest BCUT2D eigenvalue weighted by molar-refractivity contribution is -0.0435. The second kappa shape index (κ2) is 7.93. The quantitative estimate of drug-likeness (QED) is 0.784. The van der Waals surface area contributed by atoms with Gasteiger partial charge in [0.05, 0.1) is 22.9 Å². The molecule has 0 amide bonds. The fraction of sp³-hybridized carbons (Fsp3) is 0.444. The molecule has 148 valence electrons. The maximum absolute atomic E-state index is 13.0. The molecule has 27 heavy (non-hydrogen) atoms. The Hall–Kier alpha value is -2.00. The Morgan fingerprint density at radius 1 is 1.07 bits per heavy atom. The van der Waals surface area contributed by atoms with Gasteiger partial charge in [0.1, 0.15) is 5.76 Å². The van der Waals surface area contributed by atoms with Crippen LogP contribution in [-0.2, 0) is 9.84 Å². The number of rotatable bonds is 6. The summed E-state index contributed by atoms with van der Waals surface area (Å²) >= 11 is 0. The van der Waals surface area contributed by atoms with Crippen molar-refractivity contribution in [3.8, 4) is 0 Å². The van der Waals surface area contributed by atoms with Crippen LogP contribution in [0.3, 0.4) is 0 Å². The first-order chi connectivity index (χ1) is 12.8. The van der Waals surface area contributed by atoms with Crippen LogP contribution in [-0.4, -0.2) is 38.5 Å². The van der Waals surface area contributed by atoms with Crippen LogP contribution < -0.4 is 5.32 Å². The van der Waals surface area contributed by atoms with Crippen molar-refractivity contribution >= 4 is 15.5 Å². The first-order valence-electron chi connectivity index (χ1n) is 8.72. The molecule has 0 radical (unpaired) electrons. The summed E-state index contributed by atoms with van der Waals surface area (Å²) in [4.78, 5) is 1.44. The van der Waals surface area contributed by atoms with Crippen molar-refractivity contribution in [2.45, 2.75) is 35.7 Å². The molecule has 1 aromatic carbocycles. The lowest BCUT2D eigenvalue weighted by atomic mass is 10.1. The van der Waals surface area contributed by atoms with Crippen LogP contribution in [0.2, 0.25) is 0 Å². The van der Waals surface area contributed by atoms with Gasteiger partial charge in [0.2, 0.25) is 0 Å². The van der Waals surface area contributed by atoms with E-state index in [4.69, 9.17) is 4.42 Å². The molecule has 0 aliphatic carbocycles. The topological polar surface area (TPSA) is 62.6 Å². The molecule has 1 saturated heterocycles. The molecule has 9 heteroatoms. The number of furan rings is 1. The minimum Gasteiger partial charge on any atom is -0.468 e. The van der Waals surface area contributed by atoms with Crippen LogP contribution in [0.4, 0.5) is 18.9 Å². The Labute approximate surface area is 156 Å². The van der Waals surface area contributed by atoms with E-state index in [0.29, 0.717) is 5.76 Å². The number of halogens is 3. The minimum atomic E-state index is -5.43. The highest BCUT2D eigenvalue weighted by atomic mass is 32.2. The lowest BCUT2D eigenvalue weighted by Crippen LogP contribution is -2.37. The van der Waals surface area contributed by atoms with Crippen LogP contribution in [0.15, 0.2) is 52.0 Å². The summed E-state index contributed by atoms with van der Waals surface area (Å²) in [6.45, 7) is 1.95. The number of sulfone groups is 1. The lowest BCUT2D eigenvalue weighted by Gasteiger charge is -2.33. The molecule has 1 atom stereocenters. The van der Waals surface area contributed by atoms with Crippen molar-refractivity contribution in [2.75, 3.05) is 25.0 Å². The highest BCUT2D eigenvalue weighted by Crippen LogP contribution is 2.35. The molecule has 0 saturated carbocycles. The van der Waals surface area contributed by atoms with E-state index in [2.05, 4.69) is 10.2 Å². The van der Waals surface area contributed by atoms with Crippen LogP contribution in [0, 0.1) is 0 Å². The molecule has 0 spiro atoms. The first kappa shape index (κ1) is 19.8. The van der Waals surface area contributed by atoms with Gasteiger partial charge in [-0.05, 0) is 50.2 Å². The van der Waals surface area contributed by atoms with Crippen LogP contribution in [0.1, 0.15) is 31.1 Å². The number of benzene rings is 1. The number of piperidine rings is 1. The summed E-state index contributed by atoms with van der Waals surface area (Å²) in [7, 11) is -5.43. The van der Waals surface area contributed by atoms with Crippen molar-refractivity contribution in [1.29, 1.82) is 0 Å². The Morgan fingerprint density at radius 3 is 2.41 bits per heavy atom. The molecule has 5 nitrogen and oxygen atoms in total. The maximum Gasteiger partial charge on any atom is 0.501 e. The number of alkyl halides is 3. The molecule has 0 bridgehead atoms. The highest BCUT2D eigenvalue weighted by Gasteiger charge is 2.48. The molecule has 1 aliphatic rings. The zero-order valence-electron chi connectivity index (χ0n) is 14.6. The van der Waals surface area contributed by atoms with Crippen molar-refractivity contribution in [1.82, 2.24) is 4.90 Å². The highest BCUT2D eigenvalue weighted by molar-refractivity contribution is 7.92. The average Bonchev–Trinajstić information content (AvgIpc) is 3.16. The summed E-state index contributed by atoms with van der Waals surface area (Å²) in [5, 5.41) is 2.90. The molecule has 1 unspecified atom stereocenters. The molecule has 1 aromatic heterocycles. The fourth-order valence-corrected chi connectivity index (χ4v) is 4.24. The molecular weight excluding hydrogens is 381 g/mol. The third-order valence-electron chi connectivity index (χ3n) is 4.67. The summed E-state index contributed by atoms with van der Waals surface area (Å²) in [6.07, 6.45) is 4.77. The number of nitrogens with zero attached hydrogens (tertiary/aromatic N) is 1. The zero-order chi connectivity index (χ0) is 19.5. The summed E-state index contributed by atoms with van der Waals surface area (Å²) in [5.74, 6) is 0.695. The van der Waals surface area contributed by atoms with Gasteiger partial charge in [-0.1, -0.05) is 18.6 Å². The van der Waals surface area contributed by atoms with Gasteiger partial charge in [0, 0.05) is 6.54 Å². The van der Waals surface area contributed by atoms with E-state index in [1.54, 1.807) is 12.3 Å². The molecule has 1 N–H and O–H groups in total. The second-order valence-corrected chi connectivity index (χ2v) is 8.36. The van der Waals surface area contributed by atoms with E-state index >= 15 is 0 Å². The van der Waals surface area contributed by atoms with E-state index in [1.807, 2.05) is 6.07 Å². The largest absolute Gasteiger partial charge is 0.501 e. The number of likely N-dealkylation sites (tertiary alicyclic amines) is 1. The van der Waals surface area contributed by atoms with Gasteiger partial charge in [0.15, 0.2) is 0 Å². The number of para-hydroxylation sites is 1. The summed E-state index contributed by atoms with van der Waals surface area (Å²) < 4.78 is 68.1. The minimum absolute atomic E-state index is 0.0663. The Balaban J connectivity index is 1.84. The zero-order valence-corrected chi connectivity index (χ0v) is 15.4. The number of hydrogen-bond donors (Lipinski definition) is 1. The molecule has 1 aliphatic heterocycles. The van der Waals surface area contributed by atoms with Crippen molar-refractivity contribution in [2.24, 2.45) is 0 Å². The normalized spacial score (nSPS) is 17.6. The SMILES string of the molecule is O=S(=O)(c1ccccc1NCC(c1ccco1)N1CCCCC1)C(F)(F)F. The van der Waals surface area contributed by atoms with Crippen LogP contribution in [0.5, 0.6) is 0 Å². The van der Waals surface area contributed by atoms with Crippen molar-refractivity contribution in [3.63, 3.8) is 0 Å². The molecular formula is C18H21F3N2O3S. The maximum atomic E-state index is 13.0. The Morgan fingerprint density at radius 2 is 1.78 bits per heavy atom. The summed E-state index contributed by atoms with van der Waals surface area (Å²) in [6, 6.07) is 8.47. The Bertz CT molecular complexity index is 845. The van der Waals surface area contributed by atoms with Gasteiger partial charge in [-0.2, -0.15) is 13.2 Å². The van der Waals surface area contributed by atoms with Gasteiger partial charge in [-0.15, -0.1) is 0 Å². The first-order valence-corrected chi connectivity index (χ1v) is 10.2. The molecule has 3 rings (SSSR count). The number of nitrogens with one attached hydrogen (secondary N) is 1. The second-order valence-electron chi connectivity index (χ2n) is 6.45. The van der Waals surface area contributed by atoms with Gasteiger partial charge in [-0.3, -0.25) is 4.90 Å². The van der Waals surface area contributed by atoms with Gasteiger partial charge >= 0.3 is 5.51 Å². The smallest absolute Gasteiger partial charge is 0.468 e. The third-order valence-corrected chi connectivity index (χ3v) is 6.21. The number of anilines is 1. The standard InChI is InChI=1S/C18H21F3N2O3S/c19-18(20,21)27(24,25)17-9-3-2-7-14(17)22-13-15(16-8-6-12-26-16)23-10-4-1-5-11-23/h2-3,6-9,12,15,22H,1,4-5,10-11,13H2. The molecule has 2 aromatic rings. The van der Waals surface area contributed by atoms with E-state index in [-0.39, 0.29) is 18.3 Å². The molecule has 2 heterocycles. The van der Waals surface area contributed by atoms with Crippen LogP contribution >= 0.6 is 0 Å². The Kier molecular flexibility index (Phi) is 5.81. The van der Waals surface area contributed by atoms with Gasteiger partial charge in [-0.25, -0.2) is 8.42 Å². The van der Waals surface area contributed by atoms with Crippen molar-refractivity contribution in [3.05, 3.63) is 48.4 Å². The van der Waals surface area contributed by atoms with Gasteiger partial charge < -0.3 is 9.73 Å². The monoisotopic (exact) mass is 402 g/mol. The predicted octanol–water partition coefficient (Wildman–Crippen LogP) is 4.21. The van der Waals surface area contributed by atoms with Crippen molar-refractivity contribution < 1.29 is 26.0 Å². The third kappa shape index (κ3) is 4.30. The summed E-state index contributed by atoms with van der Waals surface area (Å²) in [5.41, 5.74) is -5.42. The van der Waals surface area contributed by atoms with E-state index < -0.39 is 20.2 Å². The van der Waals surface area contributed by atoms with E-state index in [9.17, 15) is 21.6 Å². The van der Waals surface area contributed by atoms with E-state index in [1.165, 1.54) is 18.2 Å². The average molecular weight is 402 g/mol. The predicted molar refractivity (Wildman–Crippen MR) is 95.0 cm³/mol.